The van der Waals surface area contributed by atoms with Crippen molar-refractivity contribution in [1.82, 2.24) is 16.0 Å². The molecule has 2 heterocycles. The van der Waals surface area contributed by atoms with Crippen LogP contribution in [0.4, 0.5) is 0 Å². The van der Waals surface area contributed by atoms with Gasteiger partial charge in [0.1, 0.15) is 0 Å². The van der Waals surface area contributed by atoms with Crippen molar-refractivity contribution in [3.05, 3.63) is 0 Å². The number of carbonyl (C=O) groups excluding carboxylic acids is 1. The van der Waals surface area contributed by atoms with Crippen molar-refractivity contribution in [2.45, 2.75) is 88.6 Å². The third-order valence-electron chi connectivity index (χ3n) is 9.03. The predicted molar refractivity (Wildman–Crippen MR) is 123 cm³/mol. The van der Waals surface area contributed by atoms with Crippen LogP contribution in [0.15, 0.2) is 0 Å². The summed E-state index contributed by atoms with van der Waals surface area (Å²) >= 11 is 0. The zero-order valence-corrected chi connectivity index (χ0v) is 19.6. The van der Waals surface area contributed by atoms with Crippen molar-refractivity contribution in [3.8, 4) is 6.07 Å². The number of carbonyl (C=O) groups is 1. The standard InChI is InChI=1S/C24H42N6O2/c1-32-19-6-10-28-14-18(19)30-22(31)20(21(26)27)17-12-24-8-4-2-3-7-23(24,15-24)11-16(5-9-25)13-29-17/h16-21,28-29H,2-8,10-15,26-27H2,1H3,(H,30,31). The van der Waals surface area contributed by atoms with Crippen LogP contribution >= 0.6 is 0 Å². The smallest absolute Gasteiger partial charge is 0.227 e. The number of nitrogens with two attached hydrogens (primary N) is 2. The van der Waals surface area contributed by atoms with E-state index >= 15 is 0 Å². The molecule has 0 bridgehead atoms. The average molecular weight is 447 g/mol. The lowest BCUT2D eigenvalue weighted by Gasteiger charge is -2.40. The van der Waals surface area contributed by atoms with Gasteiger partial charge in [0.05, 0.1) is 30.3 Å². The Hall–Kier alpha value is -1.24. The summed E-state index contributed by atoms with van der Waals surface area (Å²) in [5, 5.41) is 19.6. The molecule has 1 amide bonds. The highest BCUT2D eigenvalue weighted by Crippen LogP contribution is 2.75. The first-order valence-electron chi connectivity index (χ1n) is 12.6. The quantitative estimate of drug-likeness (QED) is 0.383. The summed E-state index contributed by atoms with van der Waals surface area (Å²) in [6, 6.07) is 2.24. The number of piperidine rings is 1. The van der Waals surface area contributed by atoms with E-state index in [0.717, 1.165) is 32.4 Å². The summed E-state index contributed by atoms with van der Waals surface area (Å²) in [6.07, 6.45) is 10.3. The lowest BCUT2D eigenvalue weighted by molar-refractivity contribution is -0.129. The van der Waals surface area contributed by atoms with Gasteiger partial charge >= 0.3 is 0 Å². The van der Waals surface area contributed by atoms with E-state index in [-0.39, 0.29) is 29.5 Å². The van der Waals surface area contributed by atoms with Gasteiger partial charge in [-0.3, -0.25) is 4.79 Å². The molecule has 0 aromatic carbocycles. The highest BCUT2D eigenvalue weighted by Gasteiger charge is 2.67. The molecular weight excluding hydrogens is 404 g/mol. The molecule has 2 aliphatic carbocycles. The van der Waals surface area contributed by atoms with Crippen LogP contribution in [0.3, 0.4) is 0 Å². The highest BCUT2D eigenvalue weighted by molar-refractivity contribution is 5.80. The van der Waals surface area contributed by atoms with Gasteiger partial charge in [-0.25, -0.2) is 0 Å². The van der Waals surface area contributed by atoms with Gasteiger partial charge in [-0.15, -0.1) is 0 Å². The zero-order chi connectivity index (χ0) is 22.8. The molecule has 0 radical (unpaired) electrons. The van der Waals surface area contributed by atoms with Crippen molar-refractivity contribution >= 4 is 5.91 Å². The van der Waals surface area contributed by atoms with E-state index in [9.17, 15) is 10.1 Å². The Bertz CT molecular complexity index is 711. The minimum Gasteiger partial charge on any atom is -0.379 e. The van der Waals surface area contributed by atoms with E-state index < -0.39 is 12.1 Å². The largest absolute Gasteiger partial charge is 0.379 e. The van der Waals surface area contributed by atoms with Crippen LogP contribution in [0.5, 0.6) is 0 Å². The zero-order valence-electron chi connectivity index (χ0n) is 19.6. The van der Waals surface area contributed by atoms with Gasteiger partial charge in [-0.2, -0.15) is 5.26 Å². The highest BCUT2D eigenvalue weighted by atomic mass is 16.5. The topological polar surface area (TPSA) is 138 Å². The maximum Gasteiger partial charge on any atom is 0.227 e. The third-order valence-corrected chi connectivity index (χ3v) is 9.03. The number of hydrogen-bond donors (Lipinski definition) is 5. The fraction of sp³-hybridized carbons (Fsp3) is 0.917. The second-order valence-corrected chi connectivity index (χ2v) is 10.9. The van der Waals surface area contributed by atoms with Crippen molar-refractivity contribution in [2.24, 2.45) is 34.1 Å². The van der Waals surface area contributed by atoms with Gasteiger partial charge in [-0.1, -0.05) is 19.3 Å². The van der Waals surface area contributed by atoms with Crippen molar-refractivity contribution in [1.29, 1.82) is 5.26 Å². The normalized spacial score (nSPS) is 40.6. The molecular formula is C24H42N6O2. The second-order valence-electron chi connectivity index (χ2n) is 10.9. The van der Waals surface area contributed by atoms with Crippen LogP contribution in [0, 0.1) is 34.0 Å². The Labute approximate surface area is 192 Å². The third kappa shape index (κ3) is 4.69. The van der Waals surface area contributed by atoms with Gasteiger partial charge < -0.3 is 32.2 Å². The number of methoxy groups -OCH3 is 1. The summed E-state index contributed by atoms with van der Waals surface area (Å²) < 4.78 is 5.61. The number of amides is 1. The van der Waals surface area contributed by atoms with Gasteiger partial charge in [0.2, 0.25) is 5.91 Å². The Morgan fingerprint density at radius 3 is 2.66 bits per heavy atom. The molecule has 0 aromatic heterocycles. The fourth-order valence-electron chi connectivity index (χ4n) is 7.32. The van der Waals surface area contributed by atoms with Crippen LogP contribution in [-0.2, 0) is 9.53 Å². The molecule has 7 N–H and O–H groups in total. The van der Waals surface area contributed by atoms with E-state index in [4.69, 9.17) is 16.2 Å². The summed E-state index contributed by atoms with van der Waals surface area (Å²) in [4.78, 5) is 13.5. The molecule has 8 nitrogen and oxygen atoms in total. The number of nitrogens with zero attached hydrogens (tertiary/aromatic N) is 1. The van der Waals surface area contributed by atoms with Gasteiger partial charge in [0.15, 0.2) is 0 Å². The van der Waals surface area contributed by atoms with Crippen LogP contribution in [0.1, 0.15) is 64.2 Å². The van der Waals surface area contributed by atoms with Crippen LogP contribution in [0.25, 0.3) is 0 Å². The maximum atomic E-state index is 13.5. The summed E-state index contributed by atoms with van der Waals surface area (Å²) in [5.74, 6) is -0.269. The lowest BCUT2D eigenvalue weighted by Crippen LogP contribution is -2.62. The number of ether oxygens (including phenoxy) is 1. The first-order valence-corrected chi connectivity index (χ1v) is 12.6. The molecule has 4 aliphatic rings. The van der Waals surface area contributed by atoms with Crippen molar-refractivity contribution in [3.63, 3.8) is 0 Å². The molecule has 32 heavy (non-hydrogen) atoms. The number of hydrogen-bond acceptors (Lipinski definition) is 7. The Morgan fingerprint density at radius 1 is 1.22 bits per heavy atom. The molecule has 2 saturated carbocycles. The van der Waals surface area contributed by atoms with Gasteiger partial charge in [0.25, 0.3) is 0 Å². The number of rotatable bonds is 6. The van der Waals surface area contributed by atoms with Crippen LogP contribution in [-0.4, -0.2) is 57.0 Å². The van der Waals surface area contributed by atoms with E-state index in [1.54, 1.807) is 7.11 Å². The van der Waals surface area contributed by atoms with Crippen LogP contribution in [0.2, 0.25) is 0 Å². The summed E-state index contributed by atoms with van der Waals surface area (Å²) in [7, 11) is 1.70. The number of nitriles is 1. The summed E-state index contributed by atoms with van der Waals surface area (Å²) in [5.41, 5.74) is 13.1. The summed E-state index contributed by atoms with van der Waals surface area (Å²) in [6.45, 7) is 2.32. The molecule has 2 saturated heterocycles. The van der Waals surface area contributed by atoms with E-state index in [0.29, 0.717) is 24.3 Å². The number of nitrogens with one attached hydrogen (secondary N) is 3. The first kappa shape index (κ1) is 23.9. The minimum absolute atomic E-state index is 0.00307. The van der Waals surface area contributed by atoms with Gasteiger partial charge in [0, 0.05) is 26.1 Å². The van der Waals surface area contributed by atoms with E-state index in [2.05, 4.69) is 22.0 Å². The minimum atomic E-state index is -0.741. The monoisotopic (exact) mass is 446 g/mol. The maximum absolute atomic E-state index is 13.5. The Morgan fingerprint density at radius 2 is 1.97 bits per heavy atom. The molecule has 4 rings (SSSR count). The van der Waals surface area contributed by atoms with E-state index in [1.165, 1.54) is 38.5 Å². The van der Waals surface area contributed by atoms with Gasteiger partial charge in [-0.05, 0) is 68.4 Å². The van der Waals surface area contributed by atoms with Crippen molar-refractivity contribution < 1.29 is 9.53 Å². The molecule has 0 spiro atoms. The Balaban J connectivity index is 1.54. The molecule has 0 aromatic rings. The Kier molecular flexibility index (Phi) is 7.43. The molecule has 7 unspecified atom stereocenters. The lowest BCUT2D eigenvalue weighted by atomic mass is 9.74. The molecule has 8 heteroatoms. The van der Waals surface area contributed by atoms with Crippen molar-refractivity contribution in [2.75, 3.05) is 26.7 Å². The molecule has 7 atom stereocenters. The predicted octanol–water partition coefficient (Wildman–Crippen LogP) is 0.962. The average Bonchev–Trinajstić information content (AvgIpc) is 3.37. The molecule has 2 aliphatic heterocycles. The SMILES string of the molecule is COC1CCNCC1NC(=O)C(C(N)N)C1CC23CCCCCC2(CC(CC#N)CN1)C3. The van der Waals surface area contributed by atoms with E-state index in [1.807, 2.05) is 0 Å². The fourth-order valence-corrected chi connectivity index (χ4v) is 7.32. The molecule has 4 fully saturated rings. The van der Waals surface area contributed by atoms with Crippen LogP contribution < -0.4 is 27.4 Å². The molecule has 180 valence electrons. The second kappa shape index (κ2) is 9.94. The first-order chi connectivity index (χ1) is 15.4.